The highest BCUT2D eigenvalue weighted by Crippen LogP contribution is 2.18. The molecule has 0 atom stereocenters. The summed E-state index contributed by atoms with van der Waals surface area (Å²) in [6.07, 6.45) is -5.21. The van der Waals surface area contributed by atoms with Crippen LogP contribution in [0.15, 0.2) is 17.5 Å². The van der Waals surface area contributed by atoms with Gasteiger partial charge in [0.15, 0.2) is 0 Å². The zero-order valence-electron chi connectivity index (χ0n) is 5.98. The van der Waals surface area contributed by atoms with E-state index in [0.29, 0.717) is 4.88 Å². The maximum Gasteiger partial charge on any atom is 0.399 e. The summed E-state index contributed by atoms with van der Waals surface area (Å²) in [5.41, 5.74) is 0. The van der Waals surface area contributed by atoms with Crippen molar-refractivity contribution in [3.8, 4) is 11.8 Å². The standard InChI is InChI=1S/C8H5F3S/c9-8(10,11)5-1-3-7-4-2-6-12-7/h2,4,6H,5H2. The van der Waals surface area contributed by atoms with Crippen molar-refractivity contribution < 1.29 is 13.2 Å². The van der Waals surface area contributed by atoms with Gasteiger partial charge in [-0.15, -0.1) is 11.3 Å². The van der Waals surface area contributed by atoms with Crippen LogP contribution in [0.4, 0.5) is 13.2 Å². The fraction of sp³-hybridized carbons (Fsp3) is 0.250. The number of alkyl halides is 3. The van der Waals surface area contributed by atoms with Crippen LogP contribution >= 0.6 is 11.3 Å². The minimum Gasteiger partial charge on any atom is -0.170 e. The molecule has 0 aromatic carbocycles. The van der Waals surface area contributed by atoms with E-state index in [0.717, 1.165) is 0 Å². The molecular formula is C8H5F3S. The molecule has 12 heavy (non-hydrogen) atoms. The van der Waals surface area contributed by atoms with Crippen molar-refractivity contribution in [2.75, 3.05) is 0 Å². The molecule has 0 fully saturated rings. The van der Waals surface area contributed by atoms with Gasteiger partial charge in [-0.2, -0.15) is 13.2 Å². The summed E-state index contributed by atoms with van der Waals surface area (Å²) in [5, 5.41) is 1.78. The van der Waals surface area contributed by atoms with Crippen molar-refractivity contribution in [3.05, 3.63) is 22.4 Å². The number of hydrogen-bond acceptors (Lipinski definition) is 1. The Morgan fingerprint density at radius 3 is 2.67 bits per heavy atom. The molecule has 4 heteroatoms. The van der Waals surface area contributed by atoms with Crippen LogP contribution in [0.5, 0.6) is 0 Å². The van der Waals surface area contributed by atoms with E-state index in [4.69, 9.17) is 0 Å². The maximum absolute atomic E-state index is 11.6. The van der Waals surface area contributed by atoms with Crippen LogP contribution in [-0.4, -0.2) is 6.18 Å². The molecule has 1 heterocycles. The van der Waals surface area contributed by atoms with Gasteiger partial charge in [-0.3, -0.25) is 0 Å². The van der Waals surface area contributed by atoms with E-state index < -0.39 is 12.6 Å². The van der Waals surface area contributed by atoms with E-state index in [9.17, 15) is 13.2 Å². The highest BCUT2D eigenvalue weighted by atomic mass is 32.1. The van der Waals surface area contributed by atoms with Crippen LogP contribution in [0.25, 0.3) is 0 Å². The summed E-state index contributed by atoms with van der Waals surface area (Å²) in [6.45, 7) is 0. The second-order valence-electron chi connectivity index (χ2n) is 2.07. The molecule has 0 saturated carbocycles. The van der Waals surface area contributed by atoms with E-state index in [1.165, 1.54) is 11.3 Å². The lowest BCUT2D eigenvalue weighted by molar-refractivity contribution is -0.123. The highest BCUT2D eigenvalue weighted by molar-refractivity contribution is 7.10. The third-order valence-electron chi connectivity index (χ3n) is 1.02. The third kappa shape index (κ3) is 3.44. The lowest BCUT2D eigenvalue weighted by Gasteiger charge is -1.96. The Morgan fingerprint density at radius 1 is 1.42 bits per heavy atom. The first-order chi connectivity index (χ1) is 5.58. The van der Waals surface area contributed by atoms with Gasteiger partial charge in [0.25, 0.3) is 0 Å². The number of rotatable bonds is 0. The highest BCUT2D eigenvalue weighted by Gasteiger charge is 2.25. The second-order valence-corrected chi connectivity index (χ2v) is 3.02. The molecule has 0 spiro atoms. The van der Waals surface area contributed by atoms with Crippen LogP contribution < -0.4 is 0 Å². The van der Waals surface area contributed by atoms with Gasteiger partial charge in [-0.1, -0.05) is 17.9 Å². The van der Waals surface area contributed by atoms with E-state index in [2.05, 4.69) is 11.8 Å². The van der Waals surface area contributed by atoms with Crippen molar-refractivity contribution in [2.24, 2.45) is 0 Å². The molecule has 1 aromatic heterocycles. The average molecular weight is 190 g/mol. The Labute approximate surface area is 72.0 Å². The summed E-state index contributed by atoms with van der Waals surface area (Å²) in [4.78, 5) is 0.666. The van der Waals surface area contributed by atoms with Crippen molar-refractivity contribution >= 4 is 11.3 Å². The van der Waals surface area contributed by atoms with Crippen LogP contribution in [-0.2, 0) is 0 Å². The number of halogens is 3. The molecule has 64 valence electrons. The second kappa shape index (κ2) is 3.63. The monoisotopic (exact) mass is 190 g/mol. The van der Waals surface area contributed by atoms with E-state index in [1.54, 1.807) is 17.5 Å². The molecule has 0 radical (unpaired) electrons. The summed E-state index contributed by atoms with van der Waals surface area (Å²) in [7, 11) is 0. The van der Waals surface area contributed by atoms with Crippen molar-refractivity contribution in [1.29, 1.82) is 0 Å². The topological polar surface area (TPSA) is 0 Å². The fourth-order valence-corrected chi connectivity index (χ4v) is 1.17. The summed E-state index contributed by atoms with van der Waals surface area (Å²) in [5.74, 6) is 4.49. The van der Waals surface area contributed by atoms with Crippen LogP contribution in [0.1, 0.15) is 11.3 Å². The van der Waals surface area contributed by atoms with E-state index in [1.807, 2.05) is 0 Å². The molecule has 0 unspecified atom stereocenters. The summed E-state index contributed by atoms with van der Waals surface area (Å²) < 4.78 is 34.8. The normalized spacial score (nSPS) is 10.6. The Hall–Kier alpha value is -0.950. The van der Waals surface area contributed by atoms with Crippen molar-refractivity contribution in [1.82, 2.24) is 0 Å². The Balaban J connectivity index is 2.51. The first-order valence-electron chi connectivity index (χ1n) is 3.17. The molecule has 0 aliphatic heterocycles. The van der Waals surface area contributed by atoms with Crippen molar-refractivity contribution in [3.63, 3.8) is 0 Å². The molecule has 0 aliphatic rings. The molecule has 0 nitrogen and oxygen atoms in total. The quantitative estimate of drug-likeness (QED) is 0.551. The summed E-state index contributed by atoms with van der Waals surface area (Å²) in [6, 6.07) is 3.44. The predicted octanol–water partition coefficient (Wildman–Crippen LogP) is 3.05. The predicted molar refractivity (Wildman–Crippen MR) is 41.9 cm³/mol. The lowest BCUT2D eigenvalue weighted by Crippen LogP contribution is -2.04. The van der Waals surface area contributed by atoms with Crippen LogP contribution in [0.2, 0.25) is 0 Å². The van der Waals surface area contributed by atoms with E-state index in [-0.39, 0.29) is 0 Å². The minimum absolute atomic E-state index is 0.666. The Bertz CT molecular complexity index is 286. The fourth-order valence-electron chi connectivity index (χ4n) is 0.581. The molecule has 0 amide bonds. The molecule has 0 saturated heterocycles. The SMILES string of the molecule is FC(F)(F)CC#Cc1cccs1. The zero-order valence-corrected chi connectivity index (χ0v) is 6.80. The van der Waals surface area contributed by atoms with Crippen molar-refractivity contribution in [2.45, 2.75) is 12.6 Å². The Morgan fingerprint density at radius 2 is 2.17 bits per heavy atom. The average Bonchev–Trinajstić information content (AvgIpc) is 2.36. The van der Waals surface area contributed by atoms with Crippen LogP contribution in [0.3, 0.4) is 0 Å². The third-order valence-corrected chi connectivity index (χ3v) is 1.81. The van der Waals surface area contributed by atoms with Gasteiger partial charge in [0.2, 0.25) is 0 Å². The first kappa shape index (κ1) is 9.14. The minimum atomic E-state index is -4.18. The van der Waals surface area contributed by atoms with Gasteiger partial charge in [0, 0.05) is 0 Å². The smallest absolute Gasteiger partial charge is 0.170 e. The van der Waals surface area contributed by atoms with Gasteiger partial charge in [-0.05, 0) is 11.4 Å². The van der Waals surface area contributed by atoms with Gasteiger partial charge in [0.05, 0.1) is 4.88 Å². The van der Waals surface area contributed by atoms with E-state index >= 15 is 0 Å². The first-order valence-corrected chi connectivity index (χ1v) is 4.05. The zero-order chi connectivity index (χ0) is 9.03. The van der Waals surface area contributed by atoms with Gasteiger partial charge in [0.1, 0.15) is 6.42 Å². The molecule has 1 aromatic rings. The van der Waals surface area contributed by atoms with Crippen LogP contribution in [0, 0.1) is 11.8 Å². The maximum atomic E-state index is 11.6. The van der Waals surface area contributed by atoms with Gasteiger partial charge in [-0.25, -0.2) is 0 Å². The summed E-state index contributed by atoms with van der Waals surface area (Å²) >= 11 is 1.33. The lowest BCUT2D eigenvalue weighted by atomic mass is 10.4. The Kier molecular flexibility index (Phi) is 2.77. The molecule has 1 rings (SSSR count). The largest absolute Gasteiger partial charge is 0.399 e. The van der Waals surface area contributed by atoms with Gasteiger partial charge >= 0.3 is 6.18 Å². The molecule has 0 aliphatic carbocycles. The molecule has 0 bridgehead atoms. The molecular weight excluding hydrogens is 185 g/mol. The molecule has 0 N–H and O–H groups in total. The van der Waals surface area contributed by atoms with Gasteiger partial charge < -0.3 is 0 Å². The number of thiophene rings is 1. The number of hydrogen-bond donors (Lipinski definition) is 0.